The van der Waals surface area contributed by atoms with Gasteiger partial charge < -0.3 is 64.7 Å². The number of imidazole rings is 3. The minimum absolute atomic E-state index is 0.0298. The zero-order chi connectivity index (χ0) is 70.0. The number of aromatic amines is 3. The second-order valence-electron chi connectivity index (χ2n) is 32.1. The van der Waals surface area contributed by atoms with Crippen LogP contribution in [-0.4, -0.2) is 158 Å². The molecule has 6 aliphatic heterocycles. The Kier molecular flexibility index (Phi) is 19.3. The van der Waals surface area contributed by atoms with Crippen LogP contribution in [0.5, 0.6) is 0 Å². The SMILES string of the molecule is CC(C)(C)C[C@]12CCO[C@@H](C1OC(C)(C)C)[C@H](n1cnc3c(=O)[nH]c(N)nc31)O2.CC(C)(C)C[C@]12CCO[C@@H](C1OP(=O)(O)OC(C)(C)C)[C@H](n1cnc3c(=O)[nH]c(N)nc31)O2.CC(C)(C)C[C@]12CCO[C@@H](C1OP(O)(=S)OC(C)(C)C)[C@H](n1cnc3c(=O)[nH]c(N)nc31)O2. The summed E-state index contributed by atoms with van der Waals surface area (Å²) in [7, 11) is -4.47. The number of nitrogens with two attached hydrogens (primary N) is 3. The van der Waals surface area contributed by atoms with Gasteiger partial charge in [-0.1, -0.05) is 62.3 Å². The van der Waals surface area contributed by atoms with Crippen LogP contribution in [0.25, 0.3) is 33.5 Å². The first-order valence-electron chi connectivity index (χ1n) is 31.7. The predicted octanol–water partition coefficient (Wildman–Crippen LogP) is 7.49. The van der Waals surface area contributed by atoms with Crippen LogP contribution in [-0.2, 0) is 67.6 Å². The third-order valence-corrected chi connectivity index (χ3v) is 19.3. The summed E-state index contributed by atoms with van der Waals surface area (Å²) in [5, 5.41) is 0. The first kappa shape index (κ1) is 72.6. The Labute approximate surface area is 554 Å². The fourth-order valence-electron chi connectivity index (χ4n) is 14.0. The summed E-state index contributed by atoms with van der Waals surface area (Å²) in [4.78, 5) is 90.9. The fourth-order valence-corrected chi connectivity index (χ4v) is 17.6. The maximum absolute atomic E-state index is 12.9. The molecule has 11 N–H and O–H groups in total. The summed E-state index contributed by atoms with van der Waals surface area (Å²) in [6.45, 7) is 33.4. The minimum atomic E-state index is -4.47. The van der Waals surface area contributed by atoms with E-state index in [1.807, 2.05) is 20.8 Å². The molecule has 95 heavy (non-hydrogen) atoms. The minimum Gasteiger partial charge on any atom is -0.371 e. The standard InChI is InChI=1S/C20H32N5O7P.C20H32N5O6PS.C20H31N5O4/c1-18(2,3)9-20-7-8-29-12(13(20)31-33(27,28)32-19(4,5)6)16(30-20)25-10-22-11-14(25)23-17(21)24-15(11)26;1-18(2,3)9-20-7-8-28-12(13(20)30-32(27,33)31-19(4,5)6)16(29-20)25-10-22-11-14(25)23-17(21)24-15(11)26;1-18(2,3)9-20-7-8-27-12(13(20)28-19(4,5)6)16(29-20)25-10-22-11-14(25)23-17(21)24-15(11)26/h10,12-13,16H,7-9H2,1-6H3,(H,27,28)(H3,21,23,24,26);10,12-13,16H,7-9H2,1-6H3,(H,27,33)(H3,21,23,24,26);10,12-13,16H,7-9H2,1-6H3,(H3,21,23,24,26)/t12-,13?,16+,20+;12-,13?,16+,20+,32?;12-,13?,16+,20+/m000/s1. The molecule has 35 heteroatoms. The maximum atomic E-state index is 12.9. The van der Waals surface area contributed by atoms with Crippen LogP contribution in [0, 0.1) is 16.2 Å². The van der Waals surface area contributed by atoms with E-state index in [-0.39, 0.29) is 85.3 Å². The zero-order valence-electron chi connectivity index (χ0n) is 57.4. The van der Waals surface area contributed by atoms with Crippen LogP contribution in [0.4, 0.5) is 17.8 Å². The van der Waals surface area contributed by atoms with Crippen molar-refractivity contribution in [2.75, 3.05) is 37.0 Å². The highest BCUT2D eigenvalue weighted by molar-refractivity contribution is 8.07. The van der Waals surface area contributed by atoms with Gasteiger partial charge in [0.05, 0.1) is 55.6 Å². The highest BCUT2D eigenvalue weighted by Crippen LogP contribution is 2.60. The molecule has 0 saturated carbocycles. The molecule has 0 aromatic carbocycles. The quantitative estimate of drug-likeness (QED) is 0.0519. The molecule has 0 spiro atoms. The predicted molar refractivity (Wildman–Crippen MR) is 354 cm³/mol. The van der Waals surface area contributed by atoms with Crippen molar-refractivity contribution in [3.05, 3.63) is 50.0 Å². The van der Waals surface area contributed by atoms with Crippen molar-refractivity contribution >= 4 is 77.7 Å². The van der Waals surface area contributed by atoms with E-state index in [0.29, 0.717) is 51.2 Å². The van der Waals surface area contributed by atoms with Crippen molar-refractivity contribution in [2.45, 2.75) is 252 Å². The van der Waals surface area contributed by atoms with Gasteiger partial charge in [-0.2, -0.15) is 15.0 Å². The molecule has 6 saturated heterocycles. The van der Waals surface area contributed by atoms with Crippen molar-refractivity contribution in [1.82, 2.24) is 58.6 Å². The summed E-state index contributed by atoms with van der Waals surface area (Å²) in [5.74, 6) is -0.0532. The average Bonchev–Trinajstić information content (AvgIpc) is 1.59. The van der Waals surface area contributed by atoms with Crippen molar-refractivity contribution in [3.63, 3.8) is 0 Å². The number of phosphoric ester groups is 1. The lowest BCUT2D eigenvalue weighted by molar-refractivity contribution is -0.195. The number of anilines is 3. The van der Waals surface area contributed by atoms with Crippen LogP contribution in [0.15, 0.2) is 33.4 Å². The lowest BCUT2D eigenvalue weighted by Gasteiger charge is -2.44. The lowest BCUT2D eigenvalue weighted by atomic mass is 9.76. The van der Waals surface area contributed by atoms with Crippen LogP contribution >= 0.6 is 14.5 Å². The summed E-state index contributed by atoms with van der Waals surface area (Å²) in [5.41, 5.74) is 12.9. The number of hydrogen-bond acceptors (Lipinski definition) is 25. The van der Waals surface area contributed by atoms with Gasteiger partial charge in [-0.15, -0.1) is 0 Å². The summed E-state index contributed by atoms with van der Waals surface area (Å²) < 4.78 is 85.6. The fraction of sp³-hybridized carbons (Fsp3) is 0.750. The van der Waals surface area contributed by atoms with E-state index >= 15 is 0 Å². The monoisotopic (exact) mass is 1390 g/mol. The van der Waals surface area contributed by atoms with Crippen LogP contribution in [0.2, 0.25) is 0 Å². The van der Waals surface area contributed by atoms with Crippen molar-refractivity contribution in [3.8, 4) is 0 Å². The Morgan fingerprint density at radius 1 is 0.516 bits per heavy atom. The average molecular weight is 1390 g/mol. The molecular formula is C60H95N15O17P2S. The summed E-state index contributed by atoms with van der Waals surface area (Å²) >= 11 is 5.36. The maximum Gasteiger partial charge on any atom is 0.473 e. The van der Waals surface area contributed by atoms with Gasteiger partial charge in [-0.25, -0.2) is 19.5 Å². The Morgan fingerprint density at radius 2 is 0.821 bits per heavy atom. The zero-order valence-corrected chi connectivity index (χ0v) is 60.0. The number of H-pyrrole nitrogens is 3. The van der Waals surface area contributed by atoms with E-state index in [2.05, 4.69) is 107 Å². The number of ether oxygens (including phenoxy) is 7. The van der Waals surface area contributed by atoms with Crippen LogP contribution in [0.3, 0.4) is 0 Å². The summed E-state index contributed by atoms with van der Waals surface area (Å²) in [6.07, 6.45) is 2.49. The number of fused-ring (bicyclic) bond motifs is 9. The molecule has 12 rings (SSSR count). The van der Waals surface area contributed by atoms with Crippen LogP contribution < -0.4 is 33.9 Å². The molecule has 6 aromatic heterocycles. The molecule has 14 atom stereocenters. The highest BCUT2D eigenvalue weighted by atomic mass is 32.5. The molecule has 5 unspecified atom stereocenters. The van der Waals surface area contributed by atoms with Crippen molar-refractivity contribution in [2.24, 2.45) is 16.2 Å². The molecule has 0 radical (unpaired) electrons. The van der Waals surface area contributed by atoms with E-state index in [9.17, 15) is 28.7 Å². The number of phosphoric acid groups is 1. The topological polar surface area (TPSA) is 428 Å². The highest BCUT2D eigenvalue weighted by Gasteiger charge is 2.65. The van der Waals surface area contributed by atoms with E-state index in [4.69, 9.17) is 80.3 Å². The third-order valence-electron chi connectivity index (χ3n) is 16.3. The third kappa shape index (κ3) is 16.0. The van der Waals surface area contributed by atoms with Gasteiger partial charge in [0, 0.05) is 19.3 Å². The van der Waals surface area contributed by atoms with Gasteiger partial charge in [0.2, 0.25) is 17.8 Å². The van der Waals surface area contributed by atoms with Gasteiger partial charge >= 0.3 is 14.5 Å². The number of aromatic nitrogens is 12. The number of nitrogen functional groups attached to an aromatic ring is 3. The summed E-state index contributed by atoms with van der Waals surface area (Å²) in [6, 6.07) is 0. The molecule has 0 amide bonds. The molecule has 0 aliphatic carbocycles. The molecule has 6 fully saturated rings. The molecule has 6 aliphatic rings. The Morgan fingerprint density at radius 3 is 1.13 bits per heavy atom. The number of nitrogens with zero attached hydrogens (tertiary/aromatic N) is 9. The molecule has 32 nitrogen and oxygen atoms in total. The first-order chi connectivity index (χ1) is 43.6. The van der Waals surface area contributed by atoms with Gasteiger partial charge in [0.15, 0.2) is 52.2 Å². The first-order valence-corrected chi connectivity index (χ1v) is 35.8. The van der Waals surface area contributed by atoms with Crippen molar-refractivity contribution < 1.29 is 65.6 Å². The number of rotatable bonds is 13. The second kappa shape index (κ2) is 25.2. The van der Waals surface area contributed by atoms with E-state index in [1.165, 1.54) is 12.7 Å². The number of nitrogens with one attached hydrogen (secondary N) is 3. The van der Waals surface area contributed by atoms with E-state index in [0.717, 1.165) is 12.8 Å². The molecular weight excluding hydrogens is 1300 g/mol. The van der Waals surface area contributed by atoms with Gasteiger partial charge in [0.25, 0.3) is 16.7 Å². The Balaban J connectivity index is 0.000000156. The molecule has 528 valence electrons. The van der Waals surface area contributed by atoms with E-state index in [1.54, 1.807) is 61.6 Å². The Bertz CT molecular complexity index is 3920. The van der Waals surface area contributed by atoms with Crippen molar-refractivity contribution in [1.29, 1.82) is 0 Å². The number of hydrogen-bond donors (Lipinski definition) is 8. The largest absolute Gasteiger partial charge is 0.473 e. The smallest absolute Gasteiger partial charge is 0.371 e. The van der Waals surface area contributed by atoms with E-state index < -0.39 is 96.8 Å². The van der Waals surface area contributed by atoms with Crippen LogP contribution in [0.1, 0.15) is 182 Å². The molecule has 6 aromatic rings. The van der Waals surface area contributed by atoms with Gasteiger partial charge in [0.1, 0.15) is 53.4 Å². The second-order valence-corrected chi connectivity index (χ2v) is 36.1. The molecule has 12 heterocycles. The molecule has 6 bridgehead atoms. The Hall–Kier alpha value is -5.19. The van der Waals surface area contributed by atoms with Gasteiger partial charge in [-0.05, 0) is 110 Å². The lowest BCUT2D eigenvalue weighted by Crippen LogP contribution is -2.54. The normalized spacial score (nSPS) is 30.0. The van der Waals surface area contributed by atoms with Gasteiger partial charge in [-0.3, -0.25) is 56.6 Å².